The van der Waals surface area contributed by atoms with Gasteiger partial charge in [-0.15, -0.1) is 0 Å². The van der Waals surface area contributed by atoms with Crippen LogP contribution >= 0.6 is 0 Å². The number of aliphatic hydroxyl groups is 1. The molecule has 4 fully saturated rings. The van der Waals surface area contributed by atoms with Crippen molar-refractivity contribution in [2.75, 3.05) is 0 Å². The van der Waals surface area contributed by atoms with Crippen LogP contribution < -0.4 is 9.47 Å². The highest BCUT2D eigenvalue weighted by atomic mass is 16.6. The van der Waals surface area contributed by atoms with Gasteiger partial charge in [0.1, 0.15) is 28.4 Å². The average molecular weight is 579 g/mol. The summed E-state index contributed by atoms with van der Waals surface area (Å²) in [6.45, 7) is 12.8. The third kappa shape index (κ3) is 3.52. The van der Waals surface area contributed by atoms with Crippen LogP contribution in [0.15, 0.2) is 29.4 Å². The molecule has 42 heavy (non-hydrogen) atoms. The molecule has 0 amide bonds. The van der Waals surface area contributed by atoms with Crippen LogP contribution in [-0.2, 0) is 20.7 Å². The number of phenols is 1. The van der Waals surface area contributed by atoms with Gasteiger partial charge in [0.25, 0.3) is 0 Å². The van der Waals surface area contributed by atoms with Gasteiger partial charge >= 0.3 is 5.97 Å². The molecule has 1 spiro atoms. The summed E-state index contributed by atoms with van der Waals surface area (Å²) in [6, 6.07) is 0. The highest BCUT2D eigenvalue weighted by Crippen LogP contribution is 2.70. The number of benzene rings is 1. The molecule has 3 N–H and O–H groups in total. The number of phenolic OH excluding ortho intramolecular Hbond substituents is 1. The molecule has 6 atom stereocenters. The Kier molecular flexibility index (Phi) is 6.01. The van der Waals surface area contributed by atoms with Gasteiger partial charge in [-0.25, -0.2) is 4.79 Å². The molecule has 3 aliphatic carbocycles. The Morgan fingerprint density at radius 2 is 1.76 bits per heavy atom. The number of ketones is 2. The lowest BCUT2D eigenvalue weighted by Gasteiger charge is -2.62. The number of hydrogen-bond acceptors (Lipinski definition) is 8. The fourth-order valence-corrected chi connectivity index (χ4v) is 8.04. The quantitative estimate of drug-likeness (QED) is 0.339. The van der Waals surface area contributed by atoms with Crippen molar-refractivity contribution in [3.63, 3.8) is 0 Å². The monoisotopic (exact) mass is 578 g/mol. The summed E-state index contributed by atoms with van der Waals surface area (Å²) in [7, 11) is 0. The first kappa shape index (κ1) is 28.7. The van der Waals surface area contributed by atoms with E-state index in [4.69, 9.17) is 14.2 Å². The van der Waals surface area contributed by atoms with Crippen molar-refractivity contribution in [3.05, 3.63) is 46.1 Å². The van der Waals surface area contributed by atoms with E-state index < -0.39 is 63.8 Å². The van der Waals surface area contributed by atoms with E-state index in [1.807, 2.05) is 47.6 Å². The van der Waals surface area contributed by atoms with Gasteiger partial charge in [0, 0.05) is 29.4 Å². The van der Waals surface area contributed by atoms with E-state index in [-0.39, 0.29) is 35.5 Å². The number of ether oxygens (including phenoxy) is 3. The number of rotatable bonds is 5. The van der Waals surface area contributed by atoms with Crippen LogP contribution in [0.5, 0.6) is 17.2 Å². The molecule has 3 aliphatic heterocycles. The van der Waals surface area contributed by atoms with Crippen molar-refractivity contribution >= 4 is 23.6 Å². The summed E-state index contributed by atoms with van der Waals surface area (Å²) in [5.41, 5.74) is -3.09. The first-order valence-corrected chi connectivity index (χ1v) is 14.5. The molecule has 1 aromatic carbocycles. The van der Waals surface area contributed by atoms with E-state index in [9.17, 15) is 29.7 Å². The normalized spacial score (nSPS) is 34.6. The number of aliphatic carboxylic acids is 1. The smallest absolute Gasteiger partial charge is 0.330 e. The molecule has 4 bridgehead atoms. The lowest BCUT2D eigenvalue weighted by Crippen LogP contribution is -2.80. The summed E-state index contributed by atoms with van der Waals surface area (Å²) in [5, 5.41) is 32.7. The van der Waals surface area contributed by atoms with Gasteiger partial charge in [0.05, 0.1) is 23.2 Å². The third-order valence-corrected chi connectivity index (χ3v) is 9.94. The zero-order valence-electron chi connectivity index (χ0n) is 25.0. The van der Waals surface area contributed by atoms with E-state index in [0.29, 0.717) is 23.3 Å². The molecule has 224 valence electrons. The molecule has 0 unspecified atom stereocenters. The minimum atomic E-state index is -1.72. The van der Waals surface area contributed by atoms with Gasteiger partial charge in [0.15, 0.2) is 22.8 Å². The number of fused-ring (bicyclic) bond motifs is 2. The van der Waals surface area contributed by atoms with Gasteiger partial charge in [-0.3, -0.25) is 9.59 Å². The van der Waals surface area contributed by atoms with Gasteiger partial charge < -0.3 is 29.5 Å². The number of aliphatic hydroxyl groups excluding tert-OH is 1. The highest BCUT2D eigenvalue weighted by molar-refractivity contribution is 6.10. The number of carbonyl (C=O) groups is 3. The minimum Gasteiger partial charge on any atom is -0.506 e. The largest absolute Gasteiger partial charge is 0.506 e. The maximum atomic E-state index is 14.6. The van der Waals surface area contributed by atoms with E-state index in [2.05, 4.69) is 0 Å². The predicted octanol–water partition coefficient (Wildman–Crippen LogP) is 4.56. The third-order valence-electron chi connectivity index (χ3n) is 9.94. The molecule has 0 radical (unpaired) electrons. The Bertz CT molecular complexity index is 1540. The number of carbonyl (C=O) groups excluding carboxylic acids is 2. The second-order valence-electron chi connectivity index (χ2n) is 13.7. The molecule has 1 saturated heterocycles. The summed E-state index contributed by atoms with van der Waals surface area (Å²) in [6.07, 6.45) is 6.03. The zero-order chi connectivity index (χ0) is 30.7. The van der Waals surface area contributed by atoms with Crippen LogP contribution in [0.1, 0.15) is 82.8 Å². The molecule has 9 heteroatoms. The van der Waals surface area contributed by atoms with Gasteiger partial charge in [-0.2, -0.15) is 0 Å². The Morgan fingerprint density at radius 1 is 1.07 bits per heavy atom. The van der Waals surface area contributed by atoms with Crippen LogP contribution in [-0.4, -0.2) is 61.4 Å². The summed E-state index contributed by atoms with van der Waals surface area (Å²) in [5.74, 6) is -4.44. The Hall–Kier alpha value is -3.43. The number of Topliss-reactive ketones (excluding diaryl/α,β-unsaturated/α-hetero) is 2. The molecular weight excluding hydrogens is 540 g/mol. The lowest BCUT2D eigenvalue weighted by molar-refractivity contribution is -0.220. The maximum absolute atomic E-state index is 14.6. The number of aromatic hydroxyl groups is 1. The second-order valence-corrected chi connectivity index (χ2v) is 13.7. The second kappa shape index (κ2) is 8.80. The van der Waals surface area contributed by atoms with Crippen LogP contribution in [0.3, 0.4) is 0 Å². The molecule has 3 heterocycles. The number of carboxylic acid groups (broad SMARTS) is 1. The van der Waals surface area contributed by atoms with E-state index in [0.717, 1.165) is 5.57 Å². The highest BCUT2D eigenvalue weighted by Gasteiger charge is 2.85. The fourth-order valence-electron chi connectivity index (χ4n) is 8.04. The number of carboxylic acids is 1. The van der Waals surface area contributed by atoms with Crippen molar-refractivity contribution in [1.29, 1.82) is 0 Å². The standard InChI is InChI=1S/C33H38O9/c1-15(2)8-9-18-26-17(11-12-30(4,5)40-26)23(34)21-25(36)22-24(35)19-14-20-31(6,7)42-32(28(19)37,13-10-16(3)29(38)39)33(20,22)41-27(18)21/h8,10-12,19-20,22,24,34-35H,9,13-14H2,1-7H3,(H,38,39)/t19-,20-,22+,24-,32-,33-/m0/s1. The van der Waals surface area contributed by atoms with E-state index >= 15 is 0 Å². The summed E-state index contributed by atoms with van der Waals surface area (Å²) < 4.78 is 20.0. The SMILES string of the molecule is CC(C)=CCc1c2c(c(O)c3c1O[C@]14[C@@H](C3=O)[C@@H](O)[C@@H]3C[C@H]1C(C)(C)O[C@@]4(CC=C(C)C(=O)O)C3=O)C=CC(C)(C)O2. The van der Waals surface area contributed by atoms with Crippen LogP contribution in [0.25, 0.3) is 6.08 Å². The van der Waals surface area contributed by atoms with Crippen molar-refractivity contribution in [2.24, 2.45) is 17.8 Å². The molecule has 0 aromatic heterocycles. The number of hydrogen-bond donors (Lipinski definition) is 3. The predicted molar refractivity (Wildman–Crippen MR) is 153 cm³/mol. The van der Waals surface area contributed by atoms with Gasteiger partial charge in [-0.1, -0.05) is 17.7 Å². The summed E-state index contributed by atoms with van der Waals surface area (Å²) in [4.78, 5) is 40.6. The van der Waals surface area contributed by atoms with Crippen LogP contribution in [0, 0.1) is 17.8 Å². The Balaban J connectivity index is 1.66. The van der Waals surface area contributed by atoms with Crippen LogP contribution in [0.4, 0.5) is 0 Å². The van der Waals surface area contributed by atoms with Gasteiger partial charge in [-0.05, 0) is 73.5 Å². The molecule has 6 aliphatic rings. The maximum Gasteiger partial charge on any atom is 0.330 e. The molecular formula is C33H38O9. The Morgan fingerprint density at radius 3 is 2.40 bits per heavy atom. The van der Waals surface area contributed by atoms with E-state index in [1.54, 1.807) is 12.2 Å². The lowest BCUT2D eigenvalue weighted by atomic mass is 9.45. The molecule has 3 saturated carbocycles. The molecule has 7 rings (SSSR count). The zero-order valence-corrected chi connectivity index (χ0v) is 25.0. The topological polar surface area (TPSA) is 140 Å². The van der Waals surface area contributed by atoms with Crippen molar-refractivity contribution < 1.29 is 43.9 Å². The van der Waals surface area contributed by atoms with E-state index in [1.165, 1.54) is 13.0 Å². The summed E-state index contributed by atoms with van der Waals surface area (Å²) >= 11 is 0. The van der Waals surface area contributed by atoms with Crippen LogP contribution in [0.2, 0.25) is 0 Å². The minimum absolute atomic E-state index is 0.0258. The fraction of sp³-hybridized carbons (Fsp3) is 0.545. The first-order chi connectivity index (χ1) is 19.5. The first-order valence-electron chi connectivity index (χ1n) is 14.5. The van der Waals surface area contributed by atoms with Crippen molar-refractivity contribution in [1.82, 2.24) is 0 Å². The van der Waals surface area contributed by atoms with Crippen molar-refractivity contribution in [2.45, 2.75) is 96.2 Å². The van der Waals surface area contributed by atoms with Gasteiger partial charge in [0.2, 0.25) is 0 Å². The molecule has 1 aromatic rings. The average Bonchev–Trinajstić information content (AvgIpc) is 3.02. The van der Waals surface area contributed by atoms with Crippen molar-refractivity contribution in [3.8, 4) is 17.2 Å². The Labute approximate surface area is 244 Å². The number of allylic oxidation sites excluding steroid dienone is 2. The molecule has 9 nitrogen and oxygen atoms in total.